The summed E-state index contributed by atoms with van der Waals surface area (Å²) in [5, 5.41) is 0. The highest BCUT2D eigenvalue weighted by Gasteiger charge is 2.80. The summed E-state index contributed by atoms with van der Waals surface area (Å²) in [6.07, 6.45) is -4.47. The van der Waals surface area contributed by atoms with Gasteiger partial charge in [0, 0.05) is 0 Å². The van der Waals surface area contributed by atoms with E-state index in [-0.39, 0.29) is 6.42 Å². The molecule has 2 rings (SSSR count). The van der Waals surface area contributed by atoms with Gasteiger partial charge >= 0.3 is 12.1 Å². The van der Waals surface area contributed by atoms with Crippen LogP contribution in [0.2, 0.25) is 0 Å². The minimum Gasteiger partial charge on any atom is -0.467 e. The first-order valence-electron chi connectivity index (χ1n) is 7.85. The molecule has 1 fully saturated rings. The van der Waals surface area contributed by atoms with Crippen LogP contribution in [0.3, 0.4) is 0 Å². The SMILES string of the molecule is COC(=O)[C@@]1(Cl)N(S(=O)C(C)(C)C)[C@@]1(C)Cc1cccc(C(F)(F)F)c1. The first-order chi connectivity index (χ1) is 11.7. The average Bonchev–Trinajstić information content (AvgIpc) is 3.00. The molecule has 1 heterocycles. The van der Waals surface area contributed by atoms with Crippen molar-refractivity contribution < 1.29 is 26.9 Å². The number of rotatable bonds is 4. The number of benzene rings is 1. The zero-order valence-electron chi connectivity index (χ0n) is 15.1. The number of halogens is 4. The van der Waals surface area contributed by atoms with Crippen molar-refractivity contribution in [3.05, 3.63) is 35.4 Å². The summed E-state index contributed by atoms with van der Waals surface area (Å²) in [4.78, 5) is 10.6. The summed E-state index contributed by atoms with van der Waals surface area (Å²) in [7, 11) is -0.496. The lowest BCUT2D eigenvalue weighted by atomic mass is 9.96. The lowest BCUT2D eigenvalue weighted by Gasteiger charge is -2.21. The quantitative estimate of drug-likeness (QED) is 0.327. The fraction of sp³-hybridized carbons (Fsp3) is 0.588. The third kappa shape index (κ3) is 3.39. The van der Waals surface area contributed by atoms with Crippen molar-refractivity contribution in [1.29, 1.82) is 0 Å². The third-order valence-corrected chi connectivity index (χ3v) is 7.23. The van der Waals surface area contributed by atoms with E-state index < -0.39 is 44.0 Å². The van der Waals surface area contributed by atoms with Gasteiger partial charge < -0.3 is 4.74 Å². The van der Waals surface area contributed by atoms with Gasteiger partial charge in [-0.25, -0.2) is 9.00 Å². The van der Waals surface area contributed by atoms with Gasteiger partial charge in [-0.15, -0.1) is 0 Å². The maximum absolute atomic E-state index is 13.0. The molecule has 0 saturated carbocycles. The molecule has 1 aliphatic rings. The van der Waals surface area contributed by atoms with Gasteiger partial charge in [0.25, 0.3) is 0 Å². The van der Waals surface area contributed by atoms with Gasteiger partial charge in [-0.1, -0.05) is 29.8 Å². The summed E-state index contributed by atoms with van der Waals surface area (Å²) < 4.78 is 57.1. The molecule has 0 aromatic heterocycles. The first kappa shape index (κ1) is 21.2. The molecule has 4 nitrogen and oxygen atoms in total. The molecule has 0 aliphatic carbocycles. The second kappa shape index (κ2) is 6.49. The normalized spacial score (nSPS) is 30.0. The minimum absolute atomic E-state index is 0.0113. The van der Waals surface area contributed by atoms with Crippen LogP contribution in [-0.2, 0) is 33.1 Å². The van der Waals surface area contributed by atoms with Gasteiger partial charge in [-0.05, 0) is 45.7 Å². The molecule has 146 valence electrons. The molecule has 1 saturated heterocycles. The fourth-order valence-corrected chi connectivity index (χ4v) is 5.08. The molecule has 0 N–H and O–H groups in total. The summed E-state index contributed by atoms with van der Waals surface area (Å²) in [6, 6.07) is 4.79. The van der Waals surface area contributed by atoms with E-state index in [9.17, 15) is 22.2 Å². The zero-order chi connectivity index (χ0) is 20.1. The van der Waals surface area contributed by atoms with Crippen molar-refractivity contribution in [2.75, 3.05) is 7.11 Å². The second-order valence-electron chi connectivity index (χ2n) is 7.42. The van der Waals surface area contributed by atoms with Crippen molar-refractivity contribution >= 4 is 28.6 Å². The van der Waals surface area contributed by atoms with E-state index >= 15 is 0 Å². The molecular weight excluding hydrogens is 391 g/mol. The number of methoxy groups -OCH3 is 1. The molecule has 0 spiro atoms. The molecule has 1 aromatic rings. The van der Waals surface area contributed by atoms with Crippen LogP contribution < -0.4 is 0 Å². The summed E-state index contributed by atoms with van der Waals surface area (Å²) in [5.41, 5.74) is -1.60. The van der Waals surface area contributed by atoms with Gasteiger partial charge in [0.05, 0.1) is 23.0 Å². The Morgan fingerprint density at radius 2 is 1.88 bits per heavy atom. The van der Waals surface area contributed by atoms with Crippen LogP contribution >= 0.6 is 11.6 Å². The van der Waals surface area contributed by atoms with E-state index in [0.29, 0.717) is 5.56 Å². The van der Waals surface area contributed by atoms with Gasteiger partial charge in [0.2, 0.25) is 5.00 Å². The lowest BCUT2D eigenvalue weighted by Crippen LogP contribution is -2.33. The van der Waals surface area contributed by atoms with E-state index in [4.69, 9.17) is 16.3 Å². The number of esters is 1. The molecule has 26 heavy (non-hydrogen) atoms. The molecule has 0 bridgehead atoms. The van der Waals surface area contributed by atoms with Crippen molar-refractivity contribution in [2.24, 2.45) is 0 Å². The van der Waals surface area contributed by atoms with Crippen molar-refractivity contribution in [1.82, 2.24) is 4.31 Å². The van der Waals surface area contributed by atoms with Crippen LogP contribution in [0, 0.1) is 0 Å². The molecule has 2 unspecified atom stereocenters. The van der Waals surface area contributed by atoms with Gasteiger partial charge in [0.1, 0.15) is 11.0 Å². The van der Waals surface area contributed by atoms with Crippen LogP contribution in [0.1, 0.15) is 38.8 Å². The minimum atomic E-state index is -4.48. The summed E-state index contributed by atoms with van der Waals surface area (Å²) in [5.74, 6) is -0.786. The topological polar surface area (TPSA) is 46.4 Å². The van der Waals surface area contributed by atoms with Crippen LogP contribution in [0.5, 0.6) is 0 Å². The molecule has 9 heteroatoms. The lowest BCUT2D eigenvalue weighted by molar-refractivity contribution is -0.142. The van der Waals surface area contributed by atoms with Gasteiger partial charge in [-0.3, -0.25) is 0 Å². The van der Waals surface area contributed by atoms with Crippen LogP contribution in [0.25, 0.3) is 0 Å². The highest BCUT2D eigenvalue weighted by molar-refractivity contribution is 7.84. The Morgan fingerprint density at radius 3 is 2.35 bits per heavy atom. The summed E-state index contributed by atoms with van der Waals surface area (Å²) >= 11 is 6.48. The Hall–Kier alpha value is -1.12. The highest BCUT2D eigenvalue weighted by atomic mass is 35.5. The molecule has 1 aromatic carbocycles. The number of ether oxygens (including phenoxy) is 1. The predicted molar refractivity (Wildman–Crippen MR) is 93.9 cm³/mol. The van der Waals surface area contributed by atoms with Crippen molar-refractivity contribution in [2.45, 2.75) is 55.6 Å². The van der Waals surface area contributed by atoms with E-state index in [2.05, 4.69) is 0 Å². The Labute approximate surface area is 158 Å². The molecule has 0 radical (unpaired) electrons. The van der Waals surface area contributed by atoms with Gasteiger partial charge in [0.15, 0.2) is 0 Å². The van der Waals surface area contributed by atoms with Crippen LogP contribution in [-0.4, -0.2) is 36.9 Å². The maximum Gasteiger partial charge on any atom is 0.416 e. The smallest absolute Gasteiger partial charge is 0.416 e. The number of hydrogen-bond donors (Lipinski definition) is 0. The summed E-state index contributed by atoms with van der Waals surface area (Å²) in [6.45, 7) is 6.77. The Morgan fingerprint density at radius 1 is 1.31 bits per heavy atom. The number of hydrogen-bond acceptors (Lipinski definition) is 3. The second-order valence-corrected chi connectivity index (χ2v) is 10.1. The van der Waals surface area contributed by atoms with E-state index in [1.807, 2.05) is 0 Å². The number of carbonyl (C=O) groups is 1. The predicted octanol–water partition coefficient (Wildman–Crippen LogP) is 3.89. The number of carbonyl (C=O) groups excluding carboxylic acids is 1. The molecular formula is C17H21ClF3NO3S. The van der Waals surface area contributed by atoms with Crippen LogP contribution in [0.4, 0.5) is 13.2 Å². The number of alkyl halides is 4. The standard InChI is InChI=1S/C17H21ClF3NO3S/c1-14(2,3)26(24)22-15(4,16(22,18)13(23)25-5)10-11-7-6-8-12(9-11)17(19,20)21/h6-9H,10H2,1-5H3/t15-,16+,22?,26?/m0/s1. The fourth-order valence-electron chi connectivity index (χ4n) is 2.90. The monoisotopic (exact) mass is 411 g/mol. The van der Waals surface area contributed by atoms with Crippen molar-refractivity contribution in [3.8, 4) is 0 Å². The van der Waals surface area contributed by atoms with E-state index in [1.54, 1.807) is 27.7 Å². The Balaban J connectivity index is 2.42. The Bertz CT molecular complexity index is 750. The maximum atomic E-state index is 13.0. The van der Waals surface area contributed by atoms with E-state index in [1.165, 1.54) is 16.4 Å². The average molecular weight is 412 g/mol. The van der Waals surface area contributed by atoms with Crippen LogP contribution in [0.15, 0.2) is 24.3 Å². The van der Waals surface area contributed by atoms with E-state index in [0.717, 1.165) is 19.2 Å². The first-order valence-corrected chi connectivity index (χ1v) is 9.34. The molecule has 1 aliphatic heterocycles. The number of nitrogens with zero attached hydrogens (tertiary/aromatic N) is 1. The largest absolute Gasteiger partial charge is 0.467 e. The third-order valence-electron chi connectivity index (χ3n) is 4.34. The molecule has 4 atom stereocenters. The zero-order valence-corrected chi connectivity index (χ0v) is 16.7. The molecule has 0 amide bonds. The highest BCUT2D eigenvalue weighted by Crippen LogP contribution is 2.59. The Kier molecular flexibility index (Phi) is 5.29. The van der Waals surface area contributed by atoms with Crippen molar-refractivity contribution in [3.63, 3.8) is 0 Å². The van der Waals surface area contributed by atoms with Gasteiger partial charge in [-0.2, -0.15) is 17.5 Å².